The number of carbonyl (C=O) groups excluding carboxylic acids is 1. The molecule has 0 aromatic heterocycles. The third-order valence-electron chi connectivity index (χ3n) is 5.03. The fourth-order valence-electron chi connectivity index (χ4n) is 3.41. The van der Waals surface area contributed by atoms with Gasteiger partial charge in [-0.15, -0.1) is 0 Å². The molecule has 1 atom stereocenters. The number of rotatable bonds is 7. The number of sulfonamides is 1. The van der Waals surface area contributed by atoms with Crippen molar-refractivity contribution in [1.29, 1.82) is 0 Å². The van der Waals surface area contributed by atoms with Gasteiger partial charge in [0.2, 0.25) is 15.9 Å². The Labute approximate surface area is 180 Å². The number of halogens is 2. The van der Waals surface area contributed by atoms with E-state index in [-0.39, 0.29) is 12.2 Å². The Morgan fingerprint density at radius 3 is 2.35 bits per heavy atom. The van der Waals surface area contributed by atoms with E-state index in [0.717, 1.165) is 53.1 Å². The largest absolute Gasteiger partial charge is 0.378 e. The standard InChI is InChI=1S/C21H25F2N3O4S/c1-15(26(31(2,28)29)18-7-8-19(22)20(23)13-18)21(27)24-14-16-3-5-17(6-4-16)25-9-11-30-12-10-25/h3-8,13,15H,9-12,14H2,1-2H3,(H,24,27). The molecule has 168 valence electrons. The summed E-state index contributed by atoms with van der Waals surface area (Å²) in [5.41, 5.74) is 1.78. The van der Waals surface area contributed by atoms with Gasteiger partial charge in [0.25, 0.3) is 0 Å². The van der Waals surface area contributed by atoms with Crippen molar-refractivity contribution in [2.24, 2.45) is 0 Å². The quantitative estimate of drug-likeness (QED) is 0.696. The smallest absolute Gasteiger partial charge is 0.243 e. The van der Waals surface area contributed by atoms with Crippen molar-refractivity contribution in [3.63, 3.8) is 0 Å². The van der Waals surface area contributed by atoms with Crippen molar-refractivity contribution in [3.8, 4) is 0 Å². The zero-order valence-corrected chi connectivity index (χ0v) is 18.2. The zero-order chi connectivity index (χ0) is 22.6. The Kier molecular flexibility index (Phi) is 7.11. The fourth-order valence-corrected chi connectivity index (χ4v) is 4.58. The van der Waals surface area contributed by atoms with Gasteiger partial charge in [-0.2, -0.15) is 0 Å². The molecule has 1 amide bonds. The van der Waals surface area contributed by atoms with Gasteiger partial charge in [0.15, 0.2) is 11.6 Å². The summed E-state index contributed by atoms with van der Waals surface area (Å²) in [6.07, 6.45) is 0.905. The van der Waals surface area contributed by atoms with E-state index < -0.39 is 33.6 Å². The molecule has 1 aliphatic heterocycles. The van der Waals surface area contributed by atoms with Crippen LogP contribution in [0.25, 0.3) is 0 Å². The molecule has 1 fully saturated rings. The van der Waals surface area contributed by atoms with Crippen molar-refractivity contribution < 1.29 is 26.7 Å². The molecule has 0 radical (unpaired) electrons. The van der Waals surface area contributed by atoms with E-state index in [9.17, 15) is 22.0 Å². The maximum atomic E-state index is 13.6. The first-order valence-corrected chi connectivity index (χ1v) is 11.7. The number of nitrogens with one attached hydrogen (secondary N) is 1. The molecule has 2 aromatic carbocycles. The fraction of sp³-hybridized carbons (Fsp3) is 0.381. The molecule has 31 heavy (non-hydrogen) atoms. The van der Waals surface area contributed by atoms with Gasteiger partial charge in [-0.3, -0.25) is 9.10 Å². The van der Waals surface area contributed by atoms with Crippen molar-refractivity contribution in [2.45, 2.75) is 19.5 Å². The van der Waals surface area contributed by atoms with Crippen LogP contribution in [0.3, 0.4) is 0 Å². The molecule has 0 saturated carbocycles. The average Bonchev–Trinajstić information content (AvgIpc) is 2.74. The van der Waals surface area contributed by atoms with E-state index in [4.69, 9.17) is 4.74 Å². The number of hydrogen-bond acceptors (Lipinski definition) is 5. The van der Waals surface area contributed by atoms with E-state index in [0.29, 0.717) is 13.2 Å². The summed E-state index contributed by atoms with van der Waals surface area (Å²) in [5.74, 6) is -2.86. The van der Waals surface area contributed by atoms with E-state index in [1.165, 1.54) is 6.92 Å². The predicted molar refractivity (Wildman–Crippen MR) is 114 cm³/mol. The molecule has 1 unspecified atom stereocenters. The number of ether oxygens (including phenoxy) is 1. The number of hydrogen-bond donors (Lipinski definition) is 1. The number of anilines is 2. The summed E-state index contributed by atoms with van der Waals surface area (Å²) in [7, 11) is -3.93. The molecule has 1 N–H and O–H groups in total. The molecular weight excluding hydrogens is 428 g/mol. The van der Waals surface area contributed by atoms with Gasteiger partial charge in [-0.25, -0.2) is 17.2 Å². The molecule has 2 aromatic rings. The summed E-state index contributed by atoms with van der Waals surface area (Å²) in [5, 5.41) is 2.70. The zero-order valence-electron chi connectivity index (χ0n) is 17.3. The summed E-state index contributed by atoms with van der Waals surface area (Å²) in [6, 6.07) is 9.23. The molecule has 1 heterocycles. The highest BCUT2D eigenvalue weighted by atomic mass is 32.2. The monoisotopic (exact) mass is 453 g/mol. The van der Waals surface area contributed by atoms with Crippen LogP contribution in [0, 0.1) is 11.6 Å². The number of carbonyl (C=O) groups is 1. The van der Waals surface area contributed by atoms with Crippen molar-refractivity contribution in [1.82, 2.24) is 5.32 Å². The highest BCUT2D eigenvalue weighted by molar-refractivity contribution is 7.92. The second kappa shape index (κ2) is 9.61. The van der Waals surface area contributed by atoms with Gasteiger partial charge in [0, 0.05) is 31.4 Å². The second-order valence-electron chi connectivity index (χ2n) is 7.32. The second-order valence-corrected chi connectivity index (χ2v) is 9.18. The Morgan fingerprint density at radius 2 is 1.77 bits per heavy atom. The van der Waals surface area contributed by atoms with Crippen LogP contribution in [0.1, 0.15) is 12.5 Å². The first kappa shape index (κ1) is 23.0. The maximum absolute atomic E-state index is 13.6. The van der Waals surface area contributed by atoms with Crippen LogP contribution in [-0.4, -0.2) is 52.9 Å². The minimum atomic E-state index is -3.93. The first-order chi connectivity index (χ1) is 14.7. The summed E-state index contributed by atoms with van der Waals surface area (Å²) >= 11 is 0. The van der Waals surface area contributed by atoms with E-state index >= 15 is 0 Å². The summed E-state index contributed by atoms with van der Waals surface area (Å²) in [4.78, 5) is 14.8. The molecular formula is C21H25F2N3O4S. The van der Waals surface area contributed by atoms with Crippen LogP contribution in [0.15, 0.2) is 42.5 Å². The first-order valence-electron chi connectivity index (χ1n) is 9.80. The van der Waals surface area contributed by atoms with Gasteiger partial charge < -0.3 is 15.0 Å². The summed E-state index contributed by atoms with van der Waals surface area (Å²) < 4.78 is 57.5. The van der Waals surface area contributed by atoms with Gasteiger partial charge in [-0.1, -0.05) is 12.1 Å². The van der Waals surface area contributed by atoms with Crippen molar-refractivity contribution in [2.75, 3.05) is 41.8 Å². The number of nitrogens with zero attached hydrogens (tertiary/aromatic N) is 2. The molecule has 1 saturated heterocycles. The Hall–Kier alpha value is -2.72. The Morgan fingerprint density at radius 1 is 1.13 bits per heavy atom. The molecule has 0 spiro atoms. The molecule has 1 aliphatic rings. The highest BCUT2D eigenvalue weighted by Crippen LogP contribution is 2.23. The SMILES string of the molecule is CC(C(=O)NCc1ccc(N2CCOCC2)cc1)N(c1ccc(F)c(F)c1)S(C)(=O)=O. The van der Waals surface area contributed by atoms with Crippen molar-refractivity contribution >= 4 is 27.3 Å². The van der Waals surface area contributed by atoms with Crippen molar-refractivity contribution in [3.05, 3.63) is 59.7 Å². The van der Waals surface area contributed by atoms with Crippen LogP contribution in [0.5, 0.6) is 0 Å². The van der Waals surface area contributed by atoms with Crippen LogP contribution in [-0.2, 0) is 26.1 Å². The lowest BCUT2D eigenvalue weighted by molar-refractivity contribution is -0.122. The Balaban J connectivity index is 1.67. The lowest BCUT2D eigenvalue weighted by Crippen LogP contribution is -2.47. The van der Waals surface area contributed by atoms with Crippen LogP contribution in [0.4, 0.5) is 20.2 Å². The minimum absolute atomic E-state index is 0.126. The topological polar surface area (TPSA) is 79.0 Å². The Bertz CT molecular complexity index is 1030. The molecule has 7 nitrogen and oxygen atoms in total. The highest BCUT2D eigenvalue weighted by Gasteiger charge is 2.29. The van der Waals surface area contributed by atoms with Crippen LogP contribution >= 0.6 is 0 Å². The average molecular weight is 454 g/mol. The third kappa shape index (κ3) is 5.71. The number of benzene rings is 2. The molecule has 10 heteroatoms. The van der Waals surface area contributed by atoms with E-state index in [1.807, 2.05) is 24.3 Å². The van der Waals surface area contributed by atoms with E-state index in [2.05, 4.69) is 10.2 Å². The molecule has 3 rings (SSSR count). The summed E-state index contributed by atoms with van der Waals surface area (Å²) in [6.45, 7) is 4.59. The third-order valence-corrected chi connectivity index (χ3v) is 6.27. The molecule has 0 aliphatic carbocycles. The van der Waals surface area contributed by atoms with Crippen LogP contribution in [0.2, 0.25) is 0 Å². The minimum Gasteiger partial charge on any atom is -0.378 e. The van der Waals surface area contributed by atoms with E-state index in [1.54, 1.807) is 0 Å². The maximum Gasteiger partial charge on any atom is 0.243 e. The predicted octanol–water partition coefficient (Wildman–Crippen LogP) is 2.27. The normalized spacial score (nSPS) is 15.4. The number of amides is 1. The lowest BCUT2D eigenvalue weighted by Gasteiger charge is -2.29. The van der Waals surface area contributed by atoms with Gasteiger partial charge in [0.05, 0.1) is 25.2 Å². The molecule has 0 bridgehead atoms. The van der Waals surface area contributed by atoms with Gasteiger partial charge in [0.1, 0.15) is 6.04 Å². The van der Waals surface area contributed by atoms with Gasteiger partial charge >= 0.3 is 0 Å². The number of morpholine rings is 1. The van der Waals surface area contributed by atoms with Gasteiger partial charge in [-0.05, 0) is 36.8 Å². The van der Waals surface area contributed by atoms with Crippen LogP contribution < -0.4 is 14.5 Å². The lowest BCUT2D eigenvalue weighted by atomic mass is 10.1.